The molecule has 6 nitrogen and oxygen atoms in total. The average molecular weight is 238 g/mol. The molecule has 0 atom stereocenters. The van der Waals surface area contributed by atoms with Gasteiger partial charge in [-0.2, -0.15) is 0 Å². The lowest BCUT2D eigenvalue weighted by Gasteiger charge is -2.26. The Morgan fingerprint density at radius 1 is 1.53 bits per heavy atom. The van der Waals surface area contributed by atoms with E-state index in [0.29, 0.717) is 0 Å². The van der Waals surface area contributed by atoms with E-state index in [9.17, 15) is 4.79 Å². The van der Waals surface area contributed by atoms with E-state index < -0.39 is 5.97 Å². The predicted molar refractivity (Wildman–Crippen MR) is 63.0 cm³/mol. The van der Waals surface area contributed by atoms with Crippen LogP contribution in [0.4, 0.5) is 0 Å². The minimum atomic E-state index is -0.959. The monoisotopic (exact) mass is 238 g/mol. The maximum atomic E-state index is 10.9. The normalized spacial score (nSPS) is 17.2. The molecular formula is C11H18N4O2. The van der Waals surface area contributed by atoms with Crippen LogP contribution in [-0.2, 0) is 13.1 Å². The van der Waals surface area contributed by atoms with Crippen molar-refractivity contribution in [1.82, 2.24) is 19.8 Å². The minimum absolute atomic E-state index is 0.136. The van der Waals surface area contributed by atoms with Crippen molar-refractivity contribution in [2.75, 3.05) is 26.2 Å². The van der Waals surface area contributed by atoms with E-state index in [1.807, 2.05) is 11.5 Å². The molecule has 0 aliphatic carbocycles. The zero-order valence-corrected chi connectivity index (χ0v) is 10.0. The number of carboxylic acids is 1. The molecule has 6 heteroatoms. The molecule has 17 heavy (non-hydrogen) atoms. The Bertz CT molecular complexity index is 396. The summed E-state index contributed by atoms with van der Waals surface area (Å²) in [7, 11) is 0. The number of carbonyl (C=O) groups is 1. The van der Waals surface area contributed by atoms with Gasteiger partial charge in [0.25, 0.3) is 0 Å². The van der Waals surface area contributed by atoms with E-state index in [1.165, 1.54) is 0 Å². The second kappa shape index (κ2) is 5.29. The van der Waals surface area contributed by atoms with Crippen LogP contribution in [0.15, 0.2) is 6.20 Å². The van der Waals surface area contributed by atoms with Crippen LogP contribution in [0.1, 0.15) is 23.2 Å². The SMILES string of the molecule is CCn1cc(C(=O)O)nc1CN1CCNCC1. The first-order chi connectivity index (χ1) is 8.20. The molecule has 0 saturated carbocycles. The number of carboxylic acid groups (broad SMARTS) is 1. The van der Waals surface area contributed by atoms with Gasteiger partial charge in [0.1, 0.15) is 5.82 Å². The van der Waals surface area contributed by atoms with Crippen molar-refractivity contribution in [2.45, 2.75) is 20.0 Å². The van der Waals surface area contributed by atoms with Crippen molar-refractivity contribution in [3.63, 3.8) is 0 Å². The molecule has 2 rings (SSSR count). The summed E-state index contributed by atoms with van der Waals surface area (Å²) < 4.78 is 1.91. The van der Waals surface area contributed by atoms with Gasteiger partial charge in [-0.25, -0.2) is 9.78 Å². The number of imidazole rings is 1. The number of rotatable bonds is 4. The van der Waals surface area contributed by atoms with Gasteiger partial charge in [-0.3, -0.25) is 4.90 Å². The van der Waals surface area contributed by atoms with Crippen molar-refractivity contribution >= 4 is 5.97 Å². The molecule has 0 amide bonds. The molecule has 0 aromatic carbocycles. The second-order valence-corrected chi connectivity index (χ2v) is 4.16. The van der Waals surface area contributed by atoms with E-state index >= 15 is 0 Å². The van der Waals surface area contributed by atoms with Gasteiger partial charge in [-0.05, 0) is 6.92 Å². The van der Waals surface area contributed by atoms with Crippen molar-refractivity contribution in [2.24, 2.45) is 0 Å². The molecule has 0 bridgehead atoms. The van der Waals surface area contributed by atoms with Crippen molar-refractivity contribution in [3.8, 4) is 0 Å². The Labute approximate surface area is 100 Å². The third-order valence-electron chi connectivity index (χ3n) is 2.99. The van der Waals surface area contributed by atoms with E-state index in [4.69, 9.17) is 5.11 Å². The van der Waals surface area contributed by atoms with Crippen LogP contribution in [0.5, 0.6) is 0 Å². The Kier molecular flexibility index (Phi) is 3.75. The molecule has 1 aliphatic heterocycles. The van der Waals surface area contributed by atoms with Gasteiger partial charge >= 0.3 is 5.97 Å². The Hall–Kier alpha value is -1.40. The predicted octanol–water partition coefficient (Wildman–Crippen LogP) is 0.00640. The lowest BCUT2D eigenvalue weighted by Crippen LogP contribution is -2.43. The smallest absolute Gasteiger partial charge is 0.356 e. The third-order valence-corrected chi connectivity index (χ3v) is 2.99. The van der Waals surface area contributed by atoms with Crippen LogP contribution in [0.25, 0.3) is 0 Å². The molecule has 1 aliphatic rings. The van der Waals surface area contributed by atoms with Crippen molar-refractivity contribution in [3.05, 3.63) is 17.7 Å². The molecule has 94 valence electrons. The standard InChI is InChI=1S/C11H18N4O2/c1-2-15-7-9(11(16)17)13-10(15)8-14-5-3-12-4-6-14/h7,12H,2-6,8H2,1H3,(H,16,17). The first-order valence-electron chi connectivity index (χ1n) is 5.93. The van der Waals surface area contributed by atoms with Crippen LogP contribution in [0.3, 0.4) is 0 Å². The summed E-state index contributed by atoms with van der Waals surface area (Å²) >= 11 is 0. The summed E-state index contributed by atoms with van der Waals surface area (Å²) in [4.78, 5) is 17.3. The molecule has 0 radical (unpaired) electrons. The van der Waals surface area contributed by atoms with Crippen LogP contribution in [0, 0.1) is 0 Å². The summed E-state index contributed by atoms with van der Waals surface area (Å²) in [5, 5.41) is 12.2. The maximum Gasteiger partial charge on any atom is 0.356 e. The fraction of sp³-hybridized carbons (Fsp3) is 0.636. The van der Waals surface area contributed by atoms with E-state index in [1.54, 1.807) is 6.20 Å². The number of aromatic carboxylic acids is 1. The molecule has 0 spiro atoms. The summed E-state index contributed by atoms with van der Waals surface area (Å²) in [5.74, 6) is -0.120. The van der Waals surface area contributed by atoms with Gasteiger partial charge in [0.2, 0.25) is 0 Å². The first kappa shape index (κ1) is 12.1. The topological polar surface area (TPSA) is 70.4 Å². The molecule has 1 aromatic rings. The number of aryl methyl sites for hydroxylation is 1. The van der Waals surface area contributed by atoms with Crippen molar-refractivity contribution < 1.29 is 9.90 Å². The highest BCUT2D eigenvalue weighted by molar-refractivity contribution is 5.85. The van der Waals surface area contributed by atoms with Gasteiger partial charge in [-0.15, -0.1) is 0 Å². The number of piperazine rings is 1. The van der Waals surface area contributed by atoms with Crippen LogP contribution >= 0.6 is 0 Å². The molecule has 2 N–H and O–H groups in total. The second-order valence-electron chi connectivity index (χ2n) is 4.16. The lowest BCUT2D eigenvalue weighted by molar-refractivity contribution is 0.0690. The average Bonchev–Trinajstić information content (AvgIpc) is 2.74. The Balaban J connectivity index is 2.10. The number of hydrogen-bond donors (Lipinski definition) is 2. The van der Waals surface area contributed by atoms with Crippen LogP contribution in [-0.4, -0.2) is 51.7 Å². The number of nitrogens with zero attached hydrogens (tertiary/aromatic N) is 3. The molecule has 0 unspecified atom stereocenters. The first-order valence-corrected chi connectivity index (χ1v) is 5.93. The Morgan fingerprint density at radius 2 is 2.24 bits per heavy atom. The molecule has 1 saturated heterocycles. The molecule has 1 aromatic heterocycles. The van der Waals surface area contributed by atoms with Gasteiger partial charge in [0.05, 0.1) is 6.54 Å². The van der Waals surface area contributed by atoms with Crippen LogP contribution in [0.2, 0.25) is 0 Å². The molecular weight excluding hydrogens is 220 g/mol. The lowest BCUT2D eigenvalue weighted by atomic mass is 10.3. The van der Waals surface area contributed by atoms with Crippen molar-refractivity contribution in [1.29, 1.82) is 0 Å². The molecule has 2 heterocycles. The summed E-state index contributed by atoms with van der Waals surface area (Å²) in [6.07, 6.45) is 1.61. The number of nitrogens with one attached hydrogen (secondary N) is 1. The summed E-state index contributed by atoms with van der Waals surface area (Å²) in [6.45, 7) is 7.41. The van der Waals surface area contributed by atoms with Crippen LogP contribution < -0.4 is 5.32 Å². The van der Waals surface area contributed by atoms with E-state index in [2.05, 4.69) is 15.2 Å². The highest BCUT2D eigenvalue weighted by atomic mass is 16.4. The van der Waals surface area contributed by atoms with Gasteiger partial charge in [0, 0.05) is 38.9 Å². The molecule has 1 fully saturated rings. The fourth-order valence-corrected chi connectivity index (χ4v) is 2.03. The minimum Gasteiger partial charge on any atom is -0.476 e. The van der Waals surface area contributed by atoms with E-state index in [-0.39, 0.29) is 5.69 Å². The summed E-state index contributed by atoms with van der Waals surface area (Å²) in [5.41, 5.74) is 0.136. The fourth-order valence-electron chi connectivity index (χ4n) is 2.03. The zero-order valence-electron chi connectivity index (χ0n) is 10.0. The Morgan fingerprint density at radius 3 is 2.82 bits per heavy atom. The third kappa shape index (κ3) is 2.83. The quantitative estimate of drug-likeness (QED) is 0.773. The highest BCUT2D eigenvalue weighted by Gasteiger charge is 2.16. The van der Waals surface area contributed by atoms with E-state index in [0.717, 1.165) is 45.1 Å². The van der Waals surface area contributed by atoms with Gasteiger partial charge in [0.15, 0.2) is 5.69 Å². The number of aromatic nitrogens is 2. The zero-order chi connectivity index (χ0) is 12.3. The highest BCUT2D eigenvalue weighted by Crippen LogP contribution is 2.08. The largest absolute Gasteiger partial charge is 0.476 e. The maximum absolute atomic E-state index is 10.9. The summed E-state index contributed by atoms with van der Waals surface area (Å²) in [6, 6.07) is 0. The van der Waals surface area contributed by atoms with Gasteiger partial charge < -0.3 is 15.0 Å². The number of hydrogen-bond acceptors (Lipinski definition) is 4. The van der Waals surface area contributed by atoms with Gasteiger partial charge in [-0.1, -0.05) is 0 Å².